The van der Waals surface area contributed by atoms with Gasteiger partial charge in [-0.15, -0.1) is 0 Å². The molecule has 0 radical (unpaired) electrons. The average molecular weight is 380 g/mol. The molecule has 3 aromatic rings. The van der Waals surface area contributed by atoms with E-state index < -0.39 is 18.0 Å². The van der Waals surface area contributed by atoms with E-state index in [4.69, 9.17) is 16.3 Å². The zero-order chi connectivity index (χ0) is 19.2. The van der Waals surface area contributed by atoms with Crippen LogP contribution in [0.1, 0.15) is 17.3 Å². The summed E-state index contributed by atoms with van der Waals surface area (Å²) < 4.78 is 5.26. The highest BCUT2D eigenvalue weighted by Gasteiger charge is 2.20. The molecule has 1 N–H and O–H groups in total. The van der Waals surface area contributed by atoms with Gasteiger partial charge in [0, 0.05) is 16.3 Å². The second-order valence-corrected chi connectivity index (χ2v) is 6.40. The third-order valence-corrected chi connectivity index (χ3v) is 4.22. The number of ether oxygens (including phenoxy) is 1. The molecule has 0 aliphatic rings. The minimum absolute atomic E-state index is 0.298. The van der Waals surface area contributed by atoms with Crippen molar-refractivity contribution in [3.63, 3.8) is 0 Å². The molecular weight excluding hydrogens is 362 g/mol. The van der Waals surface area contributed by atoms with E-state index in [-0.39, 0.29) is 0 Å². The molecule has 0 aliphatic heterocycles. The highest BCUT2D eigenvalue weighted by molar-refractivity contribution is 6.30. The molecule has 0 aromatic heterocycles. The van der Waals surface area contributed by atoms with Crippen LogP contribution < -0.4 is 5.32 Å². The molecule has 3 aromatic carbocycles. The number of benzene rings is 3. The van der Waals surface area contributed by atoms with Crippen molar-refractivity contribution < 1.29 is 14.3 Å². The fraction of sp³-hybridized carbons (Fsp3) is 0.0909. The number of nitrogens with one attached hydrogen (secondary N) is 1. The van der Waals surface area contributed by atoms with E-state index in [9.17, 15) is 9.59 Å². The van der Waals surface area contributed by atoms with Crippen molar-refractivity contribution >= 4 is 29.2 Å². The average Bonchev–Trinajstić information content (AvgIpc) is 2.69. The minimum atomic E-state index is -0.958. The van der Waals surface area contributed by atoms with E-state index in [2.05, 4.69) is 5.32 Å². The molecule has 4 nitrogen and oxygen atoms in total. The van der Waals surface area contributed by atoms with Crippen LogP contribution in [0.4, 0.5) is 5.69 Å². The Hall–Kier alpha value is -3.11. The normalized spacial score (nSPS) is 11.5. The van der Waals surface area contributed by atoms with Crippen LogP contribution in [-0.4, -0.2) is 18.0 Å². The fourth-order valence-electron chi connectivity index (χ4n) is 2.59. The SMILES string of the molecule is C[C@H](OC(=O)c1cccc(Cl)c1)C(=O)Nc1ccccc1-c1ccccc1. The van der Waals surface area contributed by atoms with Gasteiger partial charge in [0.2, 0.25) is 0 Å². The van der Waals surface area contributed by atoms with E-state index in [1.54, 1.807) is 18.2 Å². The number of anilines is 1. The summed E-state index contributed by atoms with van der Waals surface area (Å²) in [6.07, 6.45) is -0.958. The van der Waals surface area contributed by atoms with Crippen molar-refractivity contribution in [1.29, 1.82) is 0 Å². The maximum atomic E-state index is 12.5. The highest BCUT2D eigenvalue weighted by atomic mass is 35.5. The molecular formula is C22H18ClNO3. The summed E-state index contributed by atoms with van der Waals surface area (Å²) in [6.45, 7) is 1.53. The molecule has 0 saturated heterocycles. The molecule has 0 heterocycles. The quantitative estimate of drug-likeness (QED) is 0.620. The van der Waals surface area contributed by atoms with E-state index in [1.807, 2.05) is 54.6 Å². The smallest absolute Gasteiger partial charge is 0.338 e. The minimum Gasteiger partial charge on any atom is -0.449 e. The van der Waals surface area contributed by atoms with Gasteiger partial charge in [-0.25, -0.2) is 4.79 Å². The Morgan fingerprint density at radius 2 is 1.63 bits per heavy atom. The molecule has 0 fully saturated rings. The predicted molar refractivity (Wildman–Crippen MR) is 107 cm³/mol. The van der Waals surface area contributed by atoms with Crippen LogP contribution in [0.3, 0.4) is 0 Å². The van der Waals surface area contributed by atoms with Gasteiger partial charge in [0.05, 0.1) is 5.56 Å². The van der Waals surface area contributed by atoms with Gasteiger partial charge in [-0.1, -0.05) is 66.2 Å². The number of amides is 1. The van der Waals surface area contributed by atoms with Gasteiger partial charge in [0.25, 0.3) is 5.91 Å². The summed E-state index contributed by atoms with van der Waals surface area (Å²) in [7, 11) is 0. The molecule has 5 heteroatoms. The van der Waals surface area contributed by atoms with E-state index in [0.29, 0.717) is 16.3 Å². The lowest BCUT2D eigenvalue weighted by molar-refractivity contribution is -0.123. The Bertz CT molecular complexity index is 957. The van der Waals surface area contributed by atoms with Crippen LogP contribution in [-0.2, 0) is 9.53 Å². The summed E-state index contributed by atoms with van der Waals surface area (Å²) >= 11 is 5.88. The van der Waals surface area contributed by atoms with Crippen LogP contribution in [0.5, 0.6) is 0 Å². The molecule has 1 atom stereocenters. The van der Waals surface area contributed by atoms with Crippen molar-refractivity contribution in [2.75, 3.05) is 5.32 Å². The Morgan fingerprint density at radius 3 is 2.37 bits per heavy atom. The molecule has 0 bridgehead atoms. The topological polar surface area (TPSA) is 55.4 Å². The molecule has 0 spiro atoms. The Kier molecular flexibility index (Phi) is 5.89. The summed E-state index contributed by atoms with van der Waals surface area (Å²) in [5.74, 6) is -1.01. The molecule has 1 amide bonds. The van der Waals surface area contributed by atoms with Crippen molar-refractivity contribution in [3.8, 4) is 11.1 Å². The number of hydrogen-bond donors (Lipinski definition) is 1. The third-order valence-electron chi connectivity index (χ3n) is 3.98. The lowest BCUT2D eigenvalue weighted by Crippen LogP contribution is -2.30. The van der Waals surface area contributed by atoms with Crippen molar-refractivity contribution in [2.24, 2.45) is 0 Å². The predicted octanol–water partition coefficient (Wildman–Crippen LogP) is 5.19. The summed E-state index contributed by atoms with van der Waals surface area (Å²) in [6, 6.07) is 23.6. The van der Waals surface area contributed by atoms with E-state index in [0.717, 1.165) is 11.1 Å². The molecule has 136 valence electrons. The van der Waals surface area contributed by atoms with Gasteiger partial charge in [0.15, 0.2) is 6.10 Å². The number of carbonyl (C=O) groups excluding carboxylic acids is 2. The molecule has 3 rings (SSSR count). The Labute approximate surface area is 162 Å². The maximum absolute atomic E-state index is 12.5. The summed E-state index contributed by atoms with van der Waals surface area (Å²) in [5.41, 5.74) is 2.82. The molecule has 0 unspecified atom stereocenters. The Morgan fingerprint density at radius 1 is 0.926 bits per heavy atom. The standard InChI is InChI=1S/C22H18ClNO3/c1-15(27-22(26)17-10-7-11-18(23)14-17)21(25)24-20-13-6-5-12-19(20)16-8-3-2-4-9-16/h2-15H,1H3,(H,24,25)/t15-/m0/s1. The summed E-state index contributed by atoms with van der Waals surface area (Å²) in [4.78, 5) is 24.7. The van der Waals surface area contributed by atoms with Crippen LogP contribution in [0.15, 0.2) is 78.9 Å². The van der Waals surface area contributed by atoms with E-state index in [1.165, 1.54) is 13.0 Å². The first-order valence-corrected chi connectivity index (χ1v) is 8.84. The van der Waals surface area contributed by atoms with Crippen LogP contribution >= 0.6 is 11.6 Å². The van der Waals surface area contributed by atoms with Gasteiger partial charge in [-0.2, -0.15) is 0 Å². The highest BCUT2D eigenvalue weighted by Crippen LogP contribution is 2.27. The number of para-hydroxylation sites is 1. The largest absolute Gasteiger partial charge is 0.449 e. The lowest BCUT2D eigenvalue weighted by atomic mass is 10.0. The summed E-state index contributed by atoms with van der Waals surface area (Å²) in [5, 5.41) is 3.26. The number of hydrogen-bond acceptors (Lipinski definition) is 3. The van der Waals surface area contributed by atoms with Gasteiger partial charge >= 0.3 is 5.97 Å². The molecule has 0 saturated carbocycles. The first-order valence-electron chi connectivity index (χ1n) is 8.46. The van der Waals surface area contributed by atoms with Crippen LogP contribution in [0.25, 0.3) is 11.1 Å². The van der Waals surface area contributed by atoms with Gasteiger partial charge < -0.3 is 10.1 Å². The van der Waals surface area contributed by atoms with Gasteiger partial charge in [-0.3, -0.25) is 4.79 Å². The van der Waals surface area contributed by atoms with Crippen molar-refractivity contribution in [1.82, 2.24) is 0 Å². The number of halogens is 1. The number of rotatable bonds is 5. The van der Waals surface area contributed by atoms with Crippen LogP contribution in [0.2, 0.25) is 5.02 Å². The van der Waals surface area contributed by atoms with E-state index >= 15 is 0 Å². The van der Waals surface area contributed by atoms with Crippen molar-refractivity contribution in [2.45, 2.75) is 13.0 Å². The number of esters is 1. The first-order chi connectivity index (χ1) is 13.0. The monoisotopic (exact) mass is 379 g/mol. The Balaban J connectivity index is 1.71. The fourth-order valence-corrected chi connectivity index (χ4v) is 2.78. The van der Waals surface area contributed by atoms with Gasteiger partial charge in [-0.05, 0) is 36.8 Å². The third kappa shape index (κ3) is 4.74. The zero-order valence-electron chi connectivity index (χ0n) is 14.7. The van der Waals surface area contributed by atoms with Crippen LogP contribution in [0, 0.1) is 0 Å². The maximum Gasteiger partial charge on any atom is 0.338 e. The van der Waals surface area contributed by atoms with Gasteiger partial charge in [0.1, 0.15) is 0 Å². The van der Waals surface area contributed by atoms with Crippen molar-refractivity contribution in [3.05, 3.63) is 89.4 Å². The second kappa shape index (κ2) is 8.52. The lowest BCUT2D eigenvalue weighted by Gasteiger charge is -2.16. The second-order valence-electron chi connectivity index (χ2n) is 5.96. The molecule has 27 heavy (non-hydrogen) atoms. The first kappa shape index (κ1) is 18.7. The zero-order valence-corrected chi connectivity index (χ0v) is 15.4. The number of carbonyl (C=O) groups is 2. The molecule has 0 aliphatic carbocycles.